The van der Waals surface area contributed by atoms with Crippen molar-refractivity contribution in [3.8, 4) is 0 Å². The topological polar surface area (TPSA) is 350 Å². The molecule has 60 heavy (non-hydrogen) atoms. The molecule has 4 unspecified atom stereocenters. The van der Waals surface area contributed by atoms with E-state index in [2.05, 4.69) is 26.1 Å². The molecule has 5 amide bonds. The van der Waals surface area contributed by atoms with E-state index in [9.17, 15) is 73.2 Å². The largest absolute Gasteiger partial charge is 0.481 e. The maximum Gasteiger partial charge on any atom is 0.333 e. The predicted molar refractivity (Wildman–Crippen MR) is 205 cm³/mol. The molecule has 1 saturated heterocycles. The van der Waals surface area contributed by atoms with Crippen molar-refractivity contribution < 1.29 is 83.1 Å². The minimum absolute atomic E-state index is 0.138. The Kier molecular flexibility index (Phi) is 25.8. The van der Waals surface area contributed by atoms with Crippen molar-refractivity contribution in [2.75, 3.05) is 6.54 Å². The van der Waals surface area contributed by atoms with E-state index in [4.69, 9.17) is 5.11 Å². The summed E-state index contributed by atoms with van der Waals surface area (Å²) >= 11 is 0. The van der Waals surface area contributed by atoms with E-state index in [0.29, 0.717) is 13.0 Å². The molecule has 1 aliphatic rings. The molecule has 9 N–H and O–H groups in total. The number of unbranched alkanes of at least 4 members (excludes halogenated alkanes) is 10. The van der Waals surface area contributed by atoms with Crippen LogP contribution in [0.3, 0.4) is 0 Å². The van der Waals surface area contributed by atoms with Crippen molar-refractivity contribution in [3.63, 3.8) is 0 Å². The summed E-state index contributed by atoms with van der Waals surface area (Å²) in [5.41, 5.74) is 0. The summed E-state index contributed by atoms with van der Waals surface area (Å²) in [6.07, 6.45) is 6.87. The number of rotatable bonds is 35. The molecule has 0 aromatic carbocycles. The van der Waals surface area contributed by atoms with Gasteiger partial charge in [0, 0.05) is 38.5 Å². The minimum Gasteiger partial charge on any atom is -0.481 e. The van der Waals surface area contributed by atoms with Gasteiger partial charge >= 0.3 is 35.8 Å². The van der Waals surface area contributed by atoms with Gasteiger partial charge in [-0.25, -0.2) is 19.2 Å². The van der Waals surface area contributed by atoms with Gasteiger partial charge in [-0.3, -0.25) is 33.6 Å². The number of carbonyl (C=O) groups is 11. The summed E-state index contributed by atoms with van der Waals surface area (Å²) in [5, 5.41) is 56.4. The van der Waals surface area contributed by atoms with E-state index in [1.165, 1.54) is 0 Å². The first-order valence-corrected chi connectivity index (χ1v) is 20.2. The summed E-state index contributed by atoms with van der Waals surface area (Å²) in [7, 11) is 0. The first-order valence-electron chi connectivity index (χ1n) is 20.2. The van der Waals surface area contributed by atoms with Crippen molar-refractivity contribution >= 4 is 65.4 Å². The monoisotopic (exact) mass is 857 g/mol. The number of amides is 5. The van der Waals surface area contributed by atoms with Crippen LogP contribution in [-0.4, -0.2) is 127 Å². The molecule has 22 nitrogen and oxygen atoms in total. The van der Waals surface area contributed by atoms with Crippen molar-refractivity contribution in [1.82, 2.24) is 26.3 Å². The Morgan fingerprint density at radius 1 is 0.467 bits per heavy atom. The molecule has 0 saturated carbocycles. The van der Waals surface area contributed by atoms with Gasteiger partial charge in [-0.15, -0.1) is 5.06 Å². The van der Waals surface area contributed by atoms with Crippen molar-refractivity contribution in [2.45, 2.75) is 165 Å². The smallest absolute Gasteiger partial charge is 0.333 e. The molecule has 4 atom stereocenters. The number of hydrogen-bond donors (Lipinski definition) is 9. The van der Waals surface area contributed by atoms with E-state index in [0.717, 1.165) is 64.2 Å². The van der Waals surface area contributed by atoms with Crippen molar-refractivity contribution in [2.24, 2.45) is 0 Å². The standard InChI is InChI=1S/C38H59N5O17/c44-28(17-13-24(35(52)53)39-23-11-9-7-5-3-1-2-4-6-8-10-12-33(49)50)40-25(36(54)55)14-18-29(45)41-26(37(56)57)15-19-30(46)42-27(38(58)59)16-22-34(51)60-43-31(47)20-21-32(43)48/h24-27,39H,1-23H2,(H,40,44)(H,41,45)(H,42,46)(H,49,50)(H,52,53)(H,54,55)(H,56,57)(H,58,59). The zero-order valence-electron chi connectivity index (χ0n) is 33.7. The van der Waals surface area contributed by atoms with Gasteiger partial charge in [0.05, 0.1) is 6.42 Å². The third-order valence-corrected chi connectivity index (χ3v) is 9.47. The maximum atomic E-state index is 12.5. The predicted octanol–water partition coefficient (Wildman–Crippen LogP) is 1.23. The van der Waals surface area contributed by atoms with E-state index in [1.807, 2.05) is 0 Å². The Morgan fingerprint density at radius 3 is 1.17 bits per heavy atom. The maximum absolute atomic E-state index is 12.5. The van der Waals surface area contributed by atoms with Crippen LogP contribution < -0.4 is 21.3 Å². The normalized spacial score (nSPS) is 14.4. The highest BCUT2D eigenvalue weighted by Gasteiger charge is 2.33. The zero-order valence-corrected chi connectivity index (χ0v) is 33.7. The van der Waals surface area contributed by atoms with E-state index >= 15 is 0 Å². The average molecular weight is 858 g/mol. The first-order chi connectivity index (χ1) is 28.4. The van der Waals surface area contributed by atoms with E-state index < -0.39 is 128 Å². The van der Waals surface area contributed by atoms with Crippen LogP contribution in [0.15, 0.2) is 0 Å². The molecule has 0 bridgehead atoms. The van der Waals surface area contributed by atoms with Gasteiger partial charge in [0.1, 0.15) is 24.2 Å². The molecule has 1 fully saturated rings. The Balaban J connectivity index is 2.40. The molecule has 0 aliphatic carbocycles. The third-order valence-electron chi connectivity index (χ3n) is 9.47. The van der Waals surface area contributed by atoms with Crippen molar-refractivity contribution in [3.05, 3.63) is 0 Å². The number of hydroxylamine groups is 2. The molecule has 0 aromatic rings. The second kappa shape index (κ2) is 29.5. The quantitative estimate of drug-likeness (QED) is 0.0320. The highest BCUT2D eigenvalue weighted by atomic mass is 16.7. The summed E-state index contributed by atoms with van der Waals surface area (Å²) < 4.78 is 0. The van der Waals surface area contributed by atoms with Crippen LogP contribution in [0.5, 0.6) is 0 Å². The molecule has 0 aromatic heterocycles. The second-order valence-corrected chi connectivity index (χ2v) is 14.5. The van der Waals surface area contributed by atoms with Crippen LogP contribution >= 0.6 is 0 Å². The summed E-state index contributed by atoms with van der Waals surface area (Å²) in [4.78, 5) is 135. The summed E-state index contributed by atoms with van der Waals surface area (Å²) in [5.74, 6) is -11.8. The molecule has 1 aliphatic heterocycles. The van der Waals surface area contributed by atoms with Gasteiger partial charge in [-0.1, -0.05) is 57.8 Å². The summed E-state index contributed by atoms with van der Waals surface area (Å²) in [6.45, 7) is 0.402. The van der Waals surface area contributed by atoms with Crippen LogP contribution in [0.25, 0.3) is 0 Å². The first kappa shape index (κ1) is 52.3. The van der Waals surface area contributed by atoms with Crippen LogP contribution in [0.1, 0.15) is 141 Å². The van der Waals surface area contributed by atoms with Crippen LogP contribution in [0.2, 0.25) is 0 Å². The molecular weight excluding hydrogens is 798 g/mol. The minimum atomic E-state index is -1.65. The van der Waals surface area contributed by atoms with Gasteiger partial charge in [0.25, 0.3) is 11.8 Å². The second-order valence-electron chi connectivity index (χ2n) is 14.5. The number of aliphatic carboxylic acids is 5. The molecule has 1 heterocycles. The number of nitrogens with one attached hydrogen (secondary N) is 4. The van der Waals surface area contributed by atoms with Gasteiger partial charge in [-0.05, 0) is 45.1 Å². The Bertz CT molecular complexity index is 1490. The van der Waals surface area contributed by atoms with Crippen molar-refractivity contribution in [1.29, 1.82) is 0 Å². The molecule has 338 valence electrons. The van der Waals surface area contributed by atoms with Gasteiger partial charge in [0.15, 0.2) is 0 Å². The fraction of sp³-hybridized carbons (Fsp3) is 0.711. The molecule has 0 spiro atoms. The van der Waals surface area contributed by atoms with Crippen LogP contribution in [0.4, 0.5) is 0 Å². The zero-order chi connectivity index (χ0) is 45.0. The highest BCUT2D eigenvalue weighted by molar-refractivity contribution is 6.01. The molecule has 0 radical (unpaired) electrons. The van der Waals surface area contributed by atoms with Gasteiger partial charge in [-0.2, -0.15) is 0 Å². The SMILES string of the molecule is O=C(O)CCCCCCCCCCCCCNC(CCC(=O)NC(CCC(=O)NC(CCC(=O)NC(CCC(=O)ON1C(=O)CCC1=O)C(=O)O)C(=O)O)C(=O)O)C(=O)O. The van der Waals surface area contributed by atoms with E-state index in [1.54, 1.807) is 0 Å². The van der Waals surface area contributed by atoms with Crippen LogP contribution in [-0.2, 0) is 57.6 Å². The lowest BCUT2D eigenvalue weighted by Gasteiger charge is -2.18. The number of carbonyl (C=O) groups excluding carboxylic acids is 6. The Labute approximate surface area is 346 Å². The average Bonchev–Trinajstić information content (AvgIpc) is 3.49. The van der Waals surface area contributed by atoms with Gasteiger partial charge < -0.3 is 51.6 Å². The Hall–Kier alpha value is -5.67. The van der Waals surface area contributed by atoms with E-state index in [-0.39, 0.29) is 37.2 Å². The molecule has 22 heteroatoms. The molecule has 1 rings (SSSR count). The number of carboxylic acid groups (broad SMARTS) is 5. The fourth-order valence-electron chi connectivity index (χ4n) is 6.05. The Morgan fingerprint density at radius 2 is 0.800 bits per heavy atom. The lowest BCUT2D eigenvalue weighted by Crippen LogP contribution is -2.45. The number of hydrogen-bond acceptors (Lipinski definition) is 13. The number of nitrogens with zero attached hydrogens (tertiary/aromatic N) is 1. The number of imide groups is 1. The molecular formula is C38H59N5O17. The highest BCUT2D eigenvalue weighted by Crippen LogP contribution is 2.15. The van der Waals surface area contributed by atoms with Crippen LogP contribution in [0, 0.1) is 0 Å². The fourth-order valence-corrected chi connectivity index (χ4v) is 6.05. The third kappa shape index (κ3) is 23.7. The summed E-state index contributed by atoms with van der Waals surface area (Å²) in [6, 6.07) is -5.92. The number of carboxylic acids is 5. The lowest BCUT2D eigenvalue weighted by atomic mass is 10.0. The lowest BCUT2D eigenvalue weighted by molar-refractivity contribution is -0.197. The van der Waals surface area contributed by atoms with Gasteiger partial charge in [0.2, 0.25) is 17.7 Å².